The standard InChI is InChI=1S/C25H30F3N7O/c1-34-12-19(25(26,27)28)31-23(34)15-5-7-16(8-6-15)35-10-9-18-17(11-35)22(33-32-18)20-21(14-3-4-14)29-13-30-24(20)36-2/h12-16H,3-11H2,1-2H3,(H,32,33). The van der Waals surface area contributed by atoms with Crippen LogP contribution in [-0.2, 0) is 26.2 Å². The van der Waals surface area contributed by atoms with E-state index in [0.717, 1.165) is 86.9 Å². The summed E-state index contributed by atoms with van der Waals surface area (Å²) in [5, 5.41) is 7.94. The van der Waals surface area contributed by atoms with E-state index in [9.17, 15) is 13.2 Å². The summed E-state index contributed by atoms with van der Waals surface area (Å²) >= 11 is 0. The maximum absolute atomic E-state index is 13.1. The first-order chi connectivity index (χ1) is 17.3. The second-order valence-corrected chi connectivity index (χ2v) is 10.3. The van der Waals surface area contributed by atoms with E-state index in [4.69, 9.17) is 9.84 Å². The predicted octanol–water partition coefficient (Wildman–Crippen LogP) is 4.59. The highest BCUT2D eigenvalue weighted by Gasteiger charge is 2.38. The highest BCUT2D eigenvalue weighted by atomic mass is 19.4. The molecule has 192 valence electrons. The Balaban J connectivity index is 1.19. The fourth-order valence-corrected chi connectivity index (χ4v) is 5.96. The van der Waals surface area contributed by atoms with E-state index in [1.165, 1.54) is 5.56 Å². The number of imidazole rings is 1. The fraction of sp³-hybridized carbons (Fsp3) is 0.600. The van der Waals surface area contributed by atoms with E-state index in [0.29, 0.717) is 23.7 Å². The lowest BCUT2D eigenvalue weighted by Crippen LogP contribution is -2.41. The second kappa shape index (κ2) is 8.86. The number of aryl methyl sites for hydroxylation is 1. The van der Waals surface area contributed by atoms with Crippen molar-refractivity contribution in [1.29, 1.82) is 0 Å². The van der Waals surface area contributed by atoms with Crippen molar-refractivity contribution in [1.82, 2.24) is 34.6 Å². The van der Waals surface area contributed by atoms with Gasteiger partial charge in [0.25, 0.3) is 0 Å². The molecule has 1 aliphatic heterocycles. The summed E-state index contributed by atoms with van der Waals surface area (Å²) in [4.78, 5) is 15.4. The molecule has 1 N–H and O–H groups in total. The fourth-order valence-electron chi connectivity index (χ4n) is 5.96. The maximum atomic E-state index is 13.1. The van der Waals surface area contributed by atoms with Gasteiger partial charge in [-0.05, 0) is 38.5 Å². The van der Waals surface area contributed by atoms with Gasteiger partial charge in [-0.1, -0.05) is 0 Å². The van der Waals surface area contributed by atoms with Gasteiger partial charge in [-0.25, -0.2) is 15.0 Å². The molecule has 0 amide bonds. The first-order valence-electron chi connectivity index (χ1n) is 12.6. The molecule has 0 bridgehead atoms. The van der Waals surface area contributed by atoms with Crippen molar-refractivity contribution in [3.8, 4) is 17.1 Å². The van der Waals surface area contributed by atoms with Crippen molar-refractivity contribution in [2.75, 3.05) is 13.7 Å². The Bertz CT molecular complexity index is 1260. The van der Waals surface area contributed by atoms with Crippen molar-refractivity contribution in [3.05, 3.63) is 41.0 Å². The highest BCUT2D eigenvalue weighted by molar-refractivity contribution is 5.72. The summed E-state index contributed by atoms with van der Waals surface area (Å²) in [6.45, 7) is 1.71. The lowest BCUT2D eigenvalue weighted by Gasteiger charge is -2.38. The summed E-state index contributed by atoms with van der Waals surface area (Å²) < 4.78 is 46.5. The number of alkyl halides is 3. The van der Waals surface area contributed by atoms with Gasteiger partial charge in [0.05, 0.1) is 18.4 Å². The van der Waals surface area contributed by atoms with E-state index in [1.807, 2.05) is 0 Å². The molecule has 6 rings (SSSR count). The third-order valence-electron chi connectivity index (χ3n) is 7.98. The minimum atomic E-state index is -4.41. The molecule has 0 atom stereocenters. The Hall–Kier alpha value is -2.95. The Morgan fingerprint density at radius 1 is 1.06 bits per heavy atom. The van der Waals surface area contributed by atoms with Gasteiger partial charge >= 0.3 is 6.18 Å². The Morgan fingerprint density at radius 3 is 2.47 bits per heavy atom. The lowest BCUT2D eigenvalue weighted by molar-refractivity contribution is -0.141. The van der Waals surface area contributed by atoms with E-state index >= 15 is 0 Å². The maximum Gasteiger partial charge on any atom is 0.434 e. The molecule has 0 radical (unpaired) electrons. The molecular formula is C25H30F3N7O. The molecule has 0 saturated heterocycles. The van der Waals surface area contributed by atoms with Gasteiger partial charge in [-0.15, -0.1) is 0 Å². The molecule has 0 spiro atoms. The van der Waals surface area contributed by atoms with Gasteiger partial charge in [0.1, 0.15) is 17.8 Å². The minimum absolute atomic E-state index is 0.0546. The third kappa shape index (κ3) is 4.16. The molecule has 3 aromatic heterocycles. The molecule has 0 unspecified atom stereocenters. The average Bonchev–Trinajstić information content (AvgIpc) is 3.52. The molecule has 3 aromatic rings. The van der Waals surface area contributed by atoms with Crippen LogP contribution in [0.1, 0.15) is 78.8 Å². The number of nitrogens with zero attached hydrogens (tertiary/aromatic N) is 6. The molecule has 3 aliphatic rings. The van der Waals surface area contributed by atoms with E-state index < -0.39 is 11.9 Å². The number of H-pyrrole nitrogens is 1. The van der Waals surface area contributed by atoms with Crippen LogP contribution in [0.15, 0.2) is 12.5 Å². The van der Waals surface area contributed by atoms with Gasteiger partial charge in [0, 0.05) is 61.9 Å². The van der Waals surface area contributed by atoms with Crippen LogP contribution in [0.5, 0.6) is 5.88 Å². The van der Waals surface area contributed by atoms with Crippen LogP contribution in [0, 0.1) is 0 Å². The lowest BCUT2D eigenvalue weighted by atomic mass is 9.84. The second-order valence-electron chi connectivity index (χ2n) is 10.3. The highest BCUT2D eigenvalue weighted by Crippen LogP contribution is 2.47. The van der Waals surface area contributed by atoms with E-state index in [1.54, 1.807) is 25.1 Å². The molecule has 4 heterocycles. The Morgan fingerprint density at radius 2 is 1.81 bits per heavy atom. The van der Waals surface area contributed by atoms with Gasteiger partial charge < -0.3 is 9.30 Å². The zero-order valence-corrected chi connectivity index (χ0v) is 20.5. The molecule has 2 aliphatic carbocycles. The molecule has 2 saturated carbocycles. The number of nitrogens with one attached hydrogen (secondary N) is 1. The first-order valence-corrected chi connectivity index (χ1v) is 12.6. The van der Waals surface area contributed by atoms with Gasteiger partial charge in [-0.3, -0.25) is 10.00 Å². The van der Waals surface area contributed by atoms with E-state index in [2.05, 4.69) is 25.0 Å². The van der Waals surface area contributed by atoms with Crippen molar-refractivity contribution < 1.29 is 17.9 Å². The normalized spacial score (nSPS) is 23.0. The largest absolute Gasteiger partial charge is 0.480 e. The summed E-state index contributed by atoms with van der Waals surface area (Å²) in [7, 11) is 3.29. The number of rotatable bonds is 5. The minimum Gasteiger partial charge on any atom is -0.480 e. The van der Waals surface area contributed by atoms with Crippen LogP contribution >= 0.6 is 0 Å². The predicted molar refractivity (Wildman–Crippen MR) is 125 cm³/mol. The van der Waals surface area contributed by atoms with Crippen LogP contribution in [0.25, 0.3) is 11.3 Å². The summed E-state index contributed by atoms with van der Waals surface area (Å²) in [6, 6.07) is 0.385. The number of methoxy groups -OCH3 is 1. The Kier molecular flexibility index (Phi) is 5.77. The van der Waals surface area contributed by atoms with Crippen molar-refractivity contribution in [3.63, 3.8) is 0 Å². The summed E-state index contributed by atoms with van der Waals surface area (Å²) in [5.74, 6) is 1.59. The molecule has 2 fully saturated rings. The number of fused-ring (bicyclic) bond motifs is 1. The average molecular weight is 502 g/mol. The van der Waals surface area contributed by atoms with Crippen LogP contribution in [0.3, 0.4) is 0 Å². The Labute approximate surface area is 207 Å². The SMILES string of the molecule is COc1ncnc(C2CC2)c1-c1n[nH]c2c1CN(C1CCC(c3nc(C(F)(F)F)cn3C)CC1)CC2. The van der Waals surface area contributed by atoms with Gasteiger partial charge in [0.2, 0.25) is 5.88 Å². The van der Waals surface area contributed by atoms with Crippen molar-refractivity contribution in [2.45, 2.75) is 75.5 Å². The molecular weight excluding hydrogens is 471 g/mol. The number of hydrogen-bond acceptors (Lipinski definition) is 6. The van der Waals surface area contributed by atoms with Crippen LogP contribution in [0.4, 0.5) is 13.2 Å². The smallest absolute Gasteiger partial charge is 0.434 e. The third-order valence-corrected chi connectivity index (χ3v) is 7.98. The molecule has 0 aromatic carbocycles. The molecule has 8 nitrogen and oxygen atoms in total. The quantitative estimate of drug-likeness (QED) is 0.551. The number of aromatic nitrogens is 6. The number of ether oxygens (including phenoxy) is 1. The van der Waals surface area contributed by atoms with E-state index in [-0.39, 0.29) is 5.92 Å². The summed E-state index contributed by atoms with van der Waals surface area (Å²) in [6.07, 6.45) is 4.92. The monoisotopic (exact) mass is 501 g/mol. The summed E-state index contributed by atoms with van der Waals surface area (Å²) in [5.41, 5.74) is 4.33. The molecule has 11 heteroatoms. The topological polar surface area (TPSA) is 84.8 Å². The van der Waals surface area contributed by atoms with Crippen LogP contribution in [-0.4, -0.2) is 54.3 Å². The van der Waals surface area contributed by atoms with Crippen molar-refractivity contribution in [2.24, 2.45) is 7.05 Å². The zero-order chi connectivity index (χ0) is 25.0. The number of aromatic amines is 1. The van der Waals surface area contributed by atoms with Crippen LogP contribution < -0.4 is 4.74 Å². The van der Waals surface area contributed by atoms with Gasteiger partial charge in [0.15, 0.2) is 5.69 Å². The number of hydrogen-bond donors (Lipinski definition) is 1. The zero-order valence-electron chi connectivity index (χ0n) is 20.5. The first kappa shape index (κ1) is 23.4. The van der Waals surface area contributed by atoms with Gasteiger partial charge in [-0.2, -0.15) is 18.3 Å². The number of halogens is 3. The van der Waals surface area contributed by atoms with Crippen molar-refractivity contribution >= 4 is 0 Å². The van der Waals surface area contributed by atoms with Crippen LogP contribution in [0.2, 0.25) is 0 Å². The molecule has 36 heavy (non-hydrogen) atoms.